The van der Waals surface area contributed by atoms with Gasteiger partial charge in [0.2, 0.25) is 0 Å². The Morgan fingerprint density at radius 3 is 2.02 bits per heavy atom. The Balaban J connectivity index is 1.38. The number of nitrogens with zero attached hydrogens (tertiary/aromatic N) is 2. The molecule has 41 heavy (non-hydrogen) atoms. The van der Waals surface area contributed by atoms with Crippen molar-refractivity contribution in [2.75, 3.05) is 0 Å². The average molecular weight is 541 g/mol. The summed E-state index contributed by atoms with van der Waals surface area (Å²) in [6, 6.07) is 50.6. The van der Waals surface area contributed by atoms with Crippen LogP contribution in [0.2, 0.25) is 0 Å². The average Bonchev–Trinajstić information content (AvgIpc) is 3.72. The number of rotatable bonds is 3. The van der Waals surface area contributed by atoms with Crippen molar-refractivity contribution >= 4 is 64.2 Å². The van der Waals surface area contributed by atoms with Crippen molar-refractivity contribution in [2.45, 2.75) is 0 Å². The smallest absolute Gasteiger partial charge is 0.0640 e. The summed E-state index contributed by atoms with van der Waals surface area (Å²) < 4.78 is 7.42. The van der Waals surface area contributed by atoms with E-state index in [1.54, 1.807) is 0 Å². The minimum atomic E-state index is 1.17. The fourth-order valence-electron chi connectivity index (χ4n) is 6.50. The zero-order valence-corrected chi connectivity index (χ0v) is 23.0. The van der Waals surface area contributed by atoms with Crippen molar-refractivity contribution in [2.24, 2.45) is 0 Å². The second-order valence-electron chi connectivity index (χ2n) is 10.6. The van der Waals surface area contributed by atoms with E-state index in [0.29, 0.717) is 0 Å². The van der Waals surface area contributed by atoms with Crippen molar-refractivity contribution in [1.29, 1.82) is 0 Å². The first-order chi connectivity index (χ1) is 20.3. The van der Waals surface area contributed by atoms with Crippen molar-refractivity contribution in [1.82, 2.24) is 9.13 Å². The fraction of sp³-hybridized carbons (Fsp3) is 0. The van der Waals surface area contributed by atoms with Crippen LogP contribution in [0.15, 0.2) is 146 Å². The second-order valence-corrected chi connectivity index (χ2v) is 11.6. The summed E-state index contributed by atoms with van der Waals surface area (Å²) in [5.74, 6) is 0. The van der Waals surface area contributed by atoms with Gasteiger partial charge in [0, 0.05) is 43.5 Å². The van der Waals surface area contributed by atoms with E-state index in [2.05, 4.69) is 155 Å². The molecule has 9 aromatic rings. The van der Waals surface area contributed by atoms with Gasteiger partial charge in [-0.2, -0.15) is 0 Å². The van der Waals surface area contributed by atoms with Crippen LogP contribution in [0.1, 0.15) is 0 Å². The van der Waals surface area contributed by atoms with Crippen molar-refractivity contribution < 1.29 is 0 Å². The minimum absolute atomic E-state index is 1.17. The zero-order chi connectivity index (χ0) is 26.9. The monoisotopic (exact) mass is 540 g/mol. The van der Waals surface area contributed by atoms with Crippen LogP contribution in [0.4, 0.5) is 0 Å². The van der Waals surface area contributed by atoms with E-state index >= 15 is 0 Å². The van der Waals surface area contributed by atoms with Gasteiger partial charge >= 0.3 is 0 Å². The highest BCUT2D eigenvalue weighted by Crippen LogP contribution is 2.44. The van der Waals surface area contributed by atoms with E-state index in [4.69, 9.17) is 0 Å². The molecular formula is C38H24N2S. The molecule has 0 spiro atoms. The Hall–Kier alpha value is -5.12. The lowest BCUT2D eigenvalue weighted by Crippen LogP contribution is -1.95. The van der Waals surface area contributed by atoms with E-state index < -0.39 is 0 Å². The summed E-state index contributed by atoms with van der Waals surface area (Å²) >= 11 is 1.90. The molecule has 192 valence electrons. The predicted molar refractivity (Wildman–Crippen MR) is 176 cm³/mol. The first-order valence-corrected chi connectivity index (χ1v) is 14.8. The molecule has 0 aliphatic carbocycles. The van der Waals surface area contributed by atoms with Crippen molar-refractivity contribution in [3.63, 3.8) is 0 Å². The topological polar surface area (TPSA) is 9.86 Å². The van der Waals surface area contributed by atoms with Gasteiger partial charge in [-0.15, -0.1) is 11.3 Å². The molecule has 2 nitrogen and oxygen atoms in total. The number of hydrogen-bond acceptors (Lipinski definition) is 1. The molecule has 0 fully saturated rings. The van der Waals surface area contributed by atoms with E-state index in [0.717, 1.165) is 0 Å². The minimum Gasteiger partial charge on any atom is -0.316 e. The molecule has 3 heterocycles. The summed E-state index contributed by atoms with van der Waals surface area (Å²) in [6.07, 6.45) is 2.18. The Kier molecular flexibility index (Phi) is 4.80. The zero-order valence-electron chi connectivity index (χ0n) is 22.2. The number of benzene rings is 6. The highest BCUT2D eigenvalue weighted by atomic mass is 32.1. The molecule has 0 saturated heterocycles. The summed E-state index contributed by atoms with van der Waals surface area (Å²) in [4.78, 5) is 0. The first kappa shape index (κ1) is 22.7. The Labute approximate surface area is 240 Å². The quantitative estimate of drug-likeness (QED) is 0.211. The van der Waals surface area contributed by atoms with Gasteiger partial charge in [0.25, 0.3) is 0 Å². The molecule has 9 rings (SSSR count). The summed E-state index contributed by atoms with van der Waals surface area (Å²) in [5.41, 5.74) is 8.61. The third-order valence-electron chi connectivity index (χ3n) is 8.35. The molecule has 0 unspecified atom stereocenters. The summed E-state index contributed by atoms with van der Waals surface area (Å²) in [5, 5.41) is 6.42. The fourth-order valence-corrected chi connectivity index (χ4v) is 7.84. The normalized spacial score (nSPS) is 11.9. The maximum atomic E-state index is 2.48. The molecule has 0 amide bonds. The molecular weight excluding hydrogens is 516 g/mol. The maximum absolute atomic E-state index is 2.48. The standard InChI is InChI=1S/C38H24N2S/c1-3-11-25(12-4-1)28-16-9-17-30-31-18-10-20-34(38(31)41-37(28)30)40-33-19-8-7-15-29(33)32-23-26-21-22-39(35(26)24-36(32)40)27-13-5-2-6-14-27/h1-24H. The van der Waals surface area contributed by atoms with Crippen LogP contribution in [0.5, 0.6) is 0 Å². The van der Waals surface area contributed by atoms with Gasteiger partial charge in [-0.25, -0.2) is 0 Å². The SMILES string of the molecule is c1ccc(-c2cccc3c2sc2c(-n4c5ccccc5c5cc6ccn(-c7ccccc7)c6cc54)cccc23)cc1. The predicted octanol–water partition coefficient (Wildman–Crippen LogP) is 10.8. The van der Waals surface area contributed by atoms with Crippen molar-refractivity contribution in [3.8, 4) is 22.5 Å². The molecule has 3 heteroatoms. The van der Waals surface area contributed by atoms with Crippen LogP contribution in [-0.2, 0) is 0 Å². The number of aromatic nitrogens is 2. The van der Waals surface area contributed by atoms with E-state index in [9.17, 15) is 0 Å². The molecule has 0 aliphatic rings. The molecule has 6 aromatic carbocycles. The van der Waals surface area contributed by atoms with Gasteiger partial charge in [-0.3, -0.25) is 0 Å². The highest BCUT2D eigenvalue weighted by molar-refractivity contribution is 7.26. The highest BCUT2D eigenvalue weighted by Gasteiger charge is 2.19. The van der Waals surface area contributed by atoms with Crippen molar-refractivity contribution in [3.05, 3.63) is 146 Å². The van der Waals surface area contributed by atoms with E-state index in [1.807, 2.05) is 11.3 Å². The van der Waals surface area contributed by atoms with Crippen LogP contribution in [0.3, 0.4) is 0 Å². The number of para-hydroxylation sites is 2. The van der Waals surface area contributed by atoms with Gasteiger partial charge in [0.1, 0.15) is 0 Å². The number of thiophene rings is 1. The van der Waals surface area contributed by atoms with Crippen LogP contribution >= 0.6 is 11.3 Å². The van der Waals surface area contributed by atoms with Gasteiger partial charge in [0.05, 0.1) is 26.9 Å². The molecule has 0 atom stereocenters. The maximum Gasteiger partial charge on any atom is 0.0640 e. The molecule has 0 radical (unpaired) electrons. The molecule has 0 aliphatic heterocycles. The number of fused-ring (bicyclic) bond motifs is 7. The van der Waals surface area contributed by atoms with Gasteiger partial charge < -0.3 is 9.13 Å². The lowest BCUT2D eigenvalue weighted by atomic mass is 10.0. The Morgan fingerprint density at radius 1 is 0.463 bits per heavy atom. The number of hydrogen-bond donors (Lipinski definition) is 0. The second kappa shape index (κ2) is 8.69. The lowest BCUT2D eigenvalue weighted by Gasteiger charge is -2.10. The Bertz CT molecular complexity index is 2410. The van der Waals surface area contributed by atoms with Crippen LogP contribution in [-0.4, -0.2) is 9.13 Å². The molecule has 3 aromatic heterocycles. The molecule has 0 bridgehead atoms. The summed E-state index contributed by atoms with van der Waals surface area (Å²) in [7, 11) is 0. The third-order valence-corrected chi connectivity index (χ3v) is 9.62. The van der Waals surface area contributed by atoms with Crippen LogP contribution in [0, 0.1) is 0 Å². The molecule has 0 N–H and O–H groups in total. The van der Waals surface area contributed by atoms with Gasteiger partial charge in [0.15, 0.2) is 0 Å². The van der Waals surface area contributed by atoms with Crippen LogP contribution in [0.25, 0.3) is 75.4 Å². The third kappa shape index (κ3) is 3.30. The first-order valence-electron chi connectivity index (χ1n) is 13.9. The lowest BCUT2D eigenvalue weighted by molar-refractivity contribution is 1.13. The Morgan fingerprint density at radius 2 is 1.17 bits per heavy atom. The summed E-state index contributed by atoms with van der Waals surface area (Å²) in [6.45, 7) is 0. The largest absolute Gasteiger partial charge is 0.316 e. The van der Waals surface area contributed by atoms with Gasteiger partial charge in [-0.05, 0) is 53.6 Å². The van der Waals surface area contributed by atoms with Gasteiger partial charge in [-0.1, -0.05) is 97.1 Å². The van der Waals surface area contributed by atoms with E-state index in [-0.39, 0.29) is 0 Å². The molecule has 0 saturated carbocycles. The van der Waals surface area contributed by atoms with E-state index in [1.165, 1.54) is 75.4 Å². The van der Waals surface area contributed by atoms with Crippen LogP contribution < -0.4 is 0 Å².